The van der Waals surface area contributed by atoms with Gasteiger partial charge in [-0.3, -0.25) is 4.79 Å². The van der Waals surface area contributed by atoms with Crippen molar-refractivity contribution in [3.63, 3.8) is 0 Å². The lowest BCUT2D eigenvalue weighted by molar-refractivity contribution is 0.0683. The molecule has 0 aliphatic carbocycles. The van der Waals surface area contributed by atoms with Gasteiger partial charge in [0.15, 0.2) is 11.6 Å². The molecule has 2 saturated heterocycles. The number of rotatable bonds is 5. The van der Waals surface area contributed by atoms with Crippen molar-refractivity contribution in [2.75, 3.05) is 36.0 Å². The van der Waals surface area contributed by atoms with Crippen LogP contribution in [0.1, 0.15) is 52.6 Å². The number of fused-ring (bicyclic) bond motifs is 4. The summed E-state index contributed by atoms with van der Waals surface area (Å²) in [5.74, 6) is 0.704. The van der Waals surface area contributed by atoms with E-state index in [-0.39, 0.29) is 43.4 Å². The minimum Gasteiger partial charge on any atom is -0.475 e. The van der Waals surface area contributed by atoms with Crippen LogP contribution in [0.15, 0.2) is 110 Å². The second-order valence-electron chi connectivity index (χ2n) is 14.3. The summed E-state index contributed by atoms with van der Waals surface area (Å²) in [5, 5.41) is 13.5. The molecule has 2 aromatic carbocycles. The SMILES string of the molecule is C.Cc1ccc2nc(C(=O)N[C@H]3CCN(c4nccn5cccc45)C3)ncc2c1.Cc1ccc2nc(C(=O)O)ncc2c1.Cl.N[C@H]1CCN(c2nccn3cccc23)C1. The highest BCUT2D eigenvalue weighted by Gasteiger charge is 2.27. The van der Waals surface area contributed by atoms with Crippen molar-refractivity contribution in [1.29, 1.82) is 0 Å². The van der Waals surface area contributed by atoms with Crippen LogP contribution in [-0.4, -0.2) is 94.0 Å². The van der Waals surface area contributed by atoms with Crippen molar-refractivity contribution in [2.45, 2.75) is 46.2 Å². The lowest BCUT2D eigenvalue weighted by Crippen LogP contribution is -2.38. The minimum absolute atomic E-state index is 0. The Bertz CT molecular complexity index is 2740. The molecular weight excluding hydrogens is 768 g/mol. The standard InChI is InChI=1S/C21H20N6O.C11H14N4.C10H8N2O2.CH4.ClH/c1-14-4-5-17-15(11-14)12-23-19(25-17)21(28)24-16-6-9-27(13-16)20-18-3-2-8-26(18)10-7-22-20;12-9-3-6-15(8-9)11-10-2-1-5-14(10)7-4-13-11;1-6-2-3-8-7(4-6)5-11-9(12-8)10(13)14;;/h2-5,7-8,10-12,16H,6,9,13H2,1H3,(H,24,28);1-2,4-5,7,9H,3,6,8,12H2;2-5H,1H3,(H,13,14);1H4;1H/t16-;9-;;;/m00.../s1. The number of aryl methyl sites for hydroxylation is 2. The van der Waals surface area contributed by atoms with Crippen LogP contribution in [0.25, 0.3) is 32.8 Å². The van der Waals surface area contributed by atoms with Gasteiger partial charge in [-0.1, -0.05) is 30.7 Å². The summed E-state index contributed by atoms with van der Waals surface area (Å²) in [6, 6.07) is 20.0. The van der Waals surface area contributed by atoms with Crippen LogP contribution in [0.3, 0.4) is 0 Å². The van der Waals surface area contributed by atoms with Crippen LogP contribution < -0.4 is 20.9 Å². The summed E-state index contributed by atoms with van der Waals surface area (Å²) < 4.78 is 4.14. The molecule has 2 aliphatic rings. The number of halogens is 1. The van der Waals surface area contributed by atoms with E-state index in [1.165, 1.54) is 6.20 Å². The molecule has 2 atom stereocenters. The van der Waals surface area contributed by atoms with Crippen molar-refractivity contribution in [3.05, 3.63) is 133 Å². The first-order chi connectivity index (χ1) is 27.7. The molecule has 0 unspecified atom stereocenters. The van der Waals surface area contributed by atoms with Crippen molar-refractivity contribution < 1.29 is 14.7 Å². The van der Waals surface area contributed by atoms with Crippen LogP contribution >= 0.6 is 12.4 Å². The van der Waals surface area contributed by atoms with Crippen LogP contribution in [0, 0.1) is 13.8 Å². The van der Waals surface area contributed by atoms with Gasteiger partial charge in [-0.15, -0.1) is 12.4 Å². The van der Waals surface area contributed by atoms with Crippen molar-refractivity contribution >= 4 is 68.8 Å². The normalized spacial score (nSPS) is 15.8. The molecule has 1 amide bonds. The number of hydrogen-bond donors (Lipinski definition) is 3. The van der Waals surface area contributed by atoms with E-state index < -0.39 is 5.97 Å². The molecule has 10 rings (SSSR count). The molecule has 4 N–H and O–H groups in total. The summed E-state index contributed by atoms with van der Waals surface area (Å²) in [6.07, 6.45) is 16.8. The molecule has 6 aromatic heterocycles. The molecule has 16 heteroatoms. The summed E-state index contributed by atoms with van der Waals surface area (Å²) >= 11 is 0. The van der Waals surface area contributed by atoms with E-state index >= 15 is 0 Å². The Hall–Kier alpha value is -6.71. The monoisotopic (exact) mass is 814 g/mol. The van der Waals surface area contributed by atoms with E-state index in [0.29, 0.717) is 11.6 Å². The van der Waals surface area contributed by atoms with E-state index in [2.05, 4.69) is 66.0 Å². The van der Waals surface area contributed by atoms with Gasteiger partial charge in [0.05, 0.1) is 22.1 Å². The van der Waals surface area contributed by atoms with Crippen LogP contribution in [0.4, 0.5) is 11.6 Å². The number of nitrogens with two attached hydrogens (primary N) is 1. The van der Waals surface area contributed by atoms with E-state index in [4.69, 9.17) is 10.8 Å². The number of nitrogens with one attached hydrogen (secondary N) is 1. The average molecular weight is 815 g/mol. The van der Waals surface area contributed by atoms with E-state index in [0.717, 1.165) is 89.1 Å². The predicted molar refractivity (Wildman–Crippen MR) is 233 cm³/mol. The number of aromatic carboxylic acids is 1. The molecule has 2 fully saturated rings. The summed E-state index contributed by atoms with van der Waals surface area (Å²) in [4.78, 5) is 53.0. The number of anilines is 2. The molecule has 0 bridgehead atoms. The molecule has 8 heterocycles. The topological polar surface area (TPSA) is 185 Å². The van der Waals surface area contributed by atoms with Crippen molar-refractivity contribution in [1.82, 2.24) is 44.0 Å². The number of carboxylic acids is 1. The number of carboxylic acid groups (broad SMARTS) is 1. The summed E-state index contributed by atoms with van der Waals surface area (Å²) in [6.45, 7) is 7.48. The van der Waals surface area contributed by atoms with Gasteiger partial charge in [0.2, 0.25) is 11.6 Å². The molecule has 15 nitrogen and oxygen atoms in total. The first-order valence-corrected chi connectivity index (χ1v) is 18.8. The molecule has 59 heavy (non-hydrogen) atoms. The summed E-state index contributed by atoms with van der Waals surface area (Å²) in [5.41, 5.74) is 11.8. The fraction of sp³-hybridized carbons (Fsp3) is 0.256. The first-order valence-electron chi connectivity index (χ1n) is 18.8. The Balaban J connectivity index is 0.000000160. The second kappa shape index (κ2) is 18.3. The van der Waals surface area contributed by atoms with Crippen LogP contribution in [0.2, 0.25) is 0 Å². The minimum atomic E-state index is -1.10. The van der Waals surface area contributed by atoms with Gasteiger partial charge in [-0.2, -0.15) is 0 Å². The number of benzene rings is 2. The highest BCUT2D eigenvalue weighted by Crippen LogP contribution is 2.24. The smallest absolute Gasteiger partial charge is 0.373 e. The van der Waals surface area contributed by atoms with E-state index in [9.17, 15) is 9.59 Å². The van der Waals surface area contributed by atoms with Crippen LogP contribution in [-0.2, 0) is 0 Å². The number of amides is 1. The second-order valence-corrected chi connectivity index (χ2v) is 14.3. The lowest BCUT2D eigenvalue weighted by Gasteiger charge is -2.19. The molecule has 0 saturated carbocycles. The number of aromatic nitrogens is 8. The van der Waals surface area contributed by atoms with Gasteiger partial charge in [0.1, 0.15) is 0 Å². The number of carbonyl (C=O) groups is 2. The Kier molecular flexibility index (Phi) is 13.0. The number of hydrogen-bond acceptors (Lipinski definition) is 11. The average Bonchev–Trinajstić information content (AvgIpc) is 4.06. The third kappa shape index (κ3) is 9.37. The molecule has 0 spiro atoms. The van der Waals surface area contributed by atoms with Crippen molar-refractivity contribution in [2.24, 2.45) is 5.73 Å². The largest absolute Gasteiger partial charge is 0.475 e. The van der Waals surface area contributed by atoms with Crippen molar-refractivity contribution in [3.8, 4) is 0 Å². The molecule has 8 aromatic rings. The number of nitrogens with zero attached hydrogens (tertiary/aromatic N) is 10. The van der Waals surface area contributed by atoms with E-state index in [1.54, 1.807) is 18.5 Å². The molecule has 2 aliphatic heterocycles. The van der Waals surface area contributed by atoms with Gasteiger partial charge in [-0.25, -0.2) is 34.7 Å². The Morgan fingerprint density at radius 3 is 1.78 bits per heavy atom. The third-order valence-corrected chi connectivity index (χ3v) is 10.1. The van der Waals surface area contributed by atoms with Gasteiger partial charge < -0.3 is 34.8 Å². The Morgan fingerprint density at radius 2 is 1.24 bits per heavy atom. The number of carbonyl (C=O) groups excluding carboxylic acids is 1. The van der Waals surface area contributed by atoms with Gasteiger partial charge >= 0.3 is 5.97 Å². The zero-order valence-corrected chi connectivity index (χ0v) is 32.8. The molecule has 304 valence electrons. The fourth-order valence-electron chi connectivity index (χ4n) is 7.22. The predicted octanol–water partition coefficient (Wildman–Crippen LogP) is 6.16. The highest BCUT2D eigenvalue weighted by atomic mass is 35.5. The third-order valence-electron chi connectivity index (χ3n) is 10.1. The first kappa shape index (κ1) is 41.9. The maximum absolute atomic E-state index is 12.7. The Morgan fingerprint density at radius 1 is 0.712 bits per heavy atom. The lowest BCUT2D eigenvalue weighted by atomic mass is 10.2. The fourth-order valence-corrected chi connectivity index (χ4v) is 7.22. The quantitative estimate of drug-likeness (QED) is 0.180. The van der Waals surface area contributed by atoms with E-state index in [1.807, 2.05) is 87.3 Å². The van der Waals surface area contributed by atoms with Crippen LogP contribution in [0.5, 0.6) is 0 Å². The molecular formula is C43H47ClN12O3. The summed E-state index contributed by atoms with van der Waals surface area (Å²) in [7, 11) is 0. The van der Waals surface area contributed by atoms with Gasteiger partial charge in [0, 0.05) is 98.6 Å². The van der Waals surface area contributed by atoms with Gasteiger partial charge in [-0.05, 0) is 75.2 Å². The zero-order chi connectivity index (χ0) is 39.5. The maximum Gasteiger partial charge on any atom is 0.373 e. The molecule has 0 radical (unpaired) electrons. The maximum atomic E-state index is 12.7. The van der Waals surface area contributed by atoms with Gasteiger partial charge in [0.25, 0.3) is 5.91 Å². The Labute approximate surface area is 347 Å². The zero-order valence-electron chi connectivity index (χ0n) is 32.0. The highest BCUT2D eigenvalue weighted by molar-refractivity contribution is 5.93.